The van der Waals surface area contributed by atoms with Gasteiger partial charge in [-0.05, 0) is 76.3 Å². The van der Waals surface area contributed by atoms with Crippen LogP contribution in [0.25, 0.3) is 11.1 Å². The maximum atomic E-state index is 14.4. The lowest BCUT2D eigenvalue weighted by Crippen LogP contribution is -2.50. The quantitative estimate of drug-likeness (QED) is 0.142. The van der Waals surface area contributed by atoms with Crippen LogP contribution in [0.3, 0.4) is 0 Å². The Morgan fingerprint density at radius 2 is 1.49 bits per heavy atom. The number of rotatable bonds is 14. The SMILES string of the molecule is CN(C(=O)OCC1c2ccccc2-c2ccccc21)C(Cc1ccc(Cl)cc1)CN(CCC(F)F)C(=O)C(CC(=O)O)[C@H]1CCc2ccccc21. The summed E-state index contributed by atoms with van der Waals surface area (Å²) in [5, 5.41) is 10.4. The Kier molecular flexibility index (Phi) is 11.4. The highest BCUT2D eigenvalue weighted by molar-refractivity contribution is 6.30. The number of hydrogen-bond acceptors (Lipinski definition) is 4. The lowest BCUT2D eigenvalue weighted by atomic mass is 9.83. The molecule has 0 aliphatic heterocycles. The van der Waals surface area contributed by atoms with Crippen LogP contribution in [0.1, 0.15) is 58.9 Å². The summed E-state index contributed by atoms with van der Waals surface area (Å²) >= 11 is 6.15. The summed E-state index contributed by atoms with van der Waals surface area (Å²) < 4.78 is 33.4. The van der Waals surface area contributed by atoms with Crippen molar-refractivity contribution in [1.29, 1.82) is 0 Å². The lowest BCUT2D eigenvalue weighted by molar-refractivity contribution is -0.146. The van der Waals surface area contributed by atoms with Crippen molar-refractivity contribution in [2.75, 3.05) is 26.7 Å². The Morgan fingerprint density at radius 1 is 0.882 bits per heavy atom. The number of amides is 2. The van der Waals surface area contributed by atoms with E-state index in [1.54, 1.807) is 19.2 Å². The van der Waals surface area contributed by atoms with Crippen molar-refractivity contribution in [2.45, 2.75) is 56.4 Å². The zero-order valence-corrected chi connectivity index (χ0v) is 29.1. The summed E-state index contributed by atoms with van der Waals surface area (Å²) in [5.74, 6) is -3.14. The minimum Gasteiger partial charge on any atom is -0.481 e. The van der Waals surface area contributed by atoms with Crippen molar-refractivity contribution < 1.29 is 33.0 Å². The van der Waals surface area contributed by atoms with E-state index in [1.165, 1.54) is 9.80 Å². The highest BCUT2D eigenvalue weighted by Crippen LogP contribution is 2.45. The first-order valence-electron chi connectivity index (χ1n) is 17.3. The van der Waals surface area contributed by atoms with E-state index in [-0.39, 0.29) is 38.0 Å². The Bertz CT molecular complexity index is 1820. The molecule has 2 amide bonds. The molecule has 0 heterocycles. The highest BCUT2D eigenvalue weighted by Gasteiger charge is 2.39. The van der Waals surface area contributed by atoms with Gasteiger partial charge in [-0.25, -0.2) is 13.6 Å². The summed E-state index contributed by atoms with van der Waals surface area (Å²) in [5.41, 5.74) is 7.10. The first kappa shape index (κ1) is 36.0. The van der Waals surface area contributed by atoms with Gasteiger partial charge in [-0.15, -0.1) is 0 Å². The van der Waals surface area contributed by atoms with Crippen molar-refractivity contribution in [3.8, 4) is 11.1 Å². The Hall–Kier alpha value is -4.76. The molecular formula is C41H41ClF2N2O5. The van der Waals surface area contributed by atoms with E-state index in [9.17, 15) is 28.3 Å². The van der Waals surface area contributed by atoms with E-state index in [0.29, 0.717) is 17.9 Å². The van der Waals surface area contributed by atoms with E-state index in [2.05, 4.69) is 12.1 Å². The number of carboxylic acid groups (broad SMARTS) is 1. The van der Waals surface area contributed by atoms with Crippen LogP contribution < -0.4 is 0 Å². The molecule has 4 aromatic carbocycles. The van der Waals surface area contributed by atoms with Gasteiger partial charge >= 0.3 is 12.1 Å². The molecule has 0 bridgehead atoms. The third kappa shape index (κ3) is 8.25. The van der Waals surface area contributed by atoms with Gasteiger partial charge in [0.25, 0.3) is 0 Å². The number of aliphatic carboxylic acids is 1. The second-order valence-corrected chi connectivity index (χ2v) is 13.8. The number of carbonyl (C=O) groups excluding carboxylic acids is 2. The van der Waals surface area contributed by atoms with Crippen molar-refractivity contribution in [3.05, 3.63) is 130 Å². The first-order valence-corrected chi connectivity index (χ1v) is 17.7. The number of carboxylic acids is 1. The zero-order chi connectivity index (χ0) is 36.1. The normalized spacial score (nSPS) is 15.8. The molecule has 2 unspecified atom stereocenters. The molecule has 1 N–H and O–H groups in total. The average molecular weight is 715 g/mol. The molecule has 2 aliphatic rings. The van der Waals surface area contributed by atoms with E-state index in [1.807, 2.05) is 72.8 Å². The minimum absolute atomic E-state index is 0.0840. The molecule has 0 saturated carbocycles. The molecule has 10 heteroatoms. The topological polar surface area (TPSA) is 87.2 Å². The summed E-state index contributed by atoms with van der Waals surface area (Å²) in [7, 11) is 1.58. The van der Waals surface area contributed by atoms with E-state index in [4.69, 9.17) is 16.3 Å². The van der Waals surface area contributed by atoms with Crippen LogP contribution >= 0.6 is 11.6 Å². The van der Waals surface area contributed by atoms with Gasteiger partial charge in [-0.2, -0.15) is 0 Å². The second-order valence-electron chi connectivity index (χ2n) is 13.4. The molecule has 0 aromatic heterocycles. The number of likely N-dealkylation sites (N-methyl/N-ethyl adjacent to an activating group) is 1. The third-order valence-electron chi connectivity index (χ3n) is 10.3. The second kappa shape index (κ2) is 16.1. The summed E-state index contributed by atoms with van der Waals surface area (Å²) in [6, 6.07) is 30.1. The predicted octanol–water partition coefficient (Wildman–Crippen LogP) is 8.44. The van der Waals surface area contributed by atoms with Gasteiger partial charge < -0.3 is 19.6 Å². The molecule has 2 aliphatic carbocycles. The zero-order valence-electron chi connectivity index (χ0n) is 28.4. The number of ether oxygens (including phenoxy) is 1. The fourth-order valence-corrected chi connectivity index (χ4v) is 7.82. The van der Waals surface area contributed by atoms with Crippen molar-refractivity contribution in [2.24, 2.45) is 5.92 Å². The maximum Gasteiger partial charge on any atom is 0.409 e. The van der Waals surface area contributed by atoms with Crippen molar-refractivity contribution in [3.63, 3.8) is 0 Å². The fraction of sp³-hybridized carbons (Fsp3) is 0.341. The van der Waals surface area contributed by atoms with Crippen LogP contribution in [0, 0.1) is 5.92 Å². The number of nitrogens with zero attached hydrogens (tertiary/aromatic N) is 2. The third-order valence-corrected chi connectivity index (χ3v) is 10.5. The maximum absolute atomic E-state index is 14.4. The van der Waals surface area contributed by atoms with Gasteiger partial charge in [0.05, 0.1) is 18.4 Å². The number of carbonyl (C=O) groups is 3. The van der Waals surface area contributed by atoms with Crippen LogP contribution in [-0.2, 0) is 27.2 Å². The number of halogens is 3. The number of hydrogen-bond donors (Lipinski definition) is 1. The Balaban J connectivity index is 1.26. The monoisotopic (exact) mass is 714 g/mol. The first-order chi connectivity index (χ1) is 24.6. The molecule has 0 saturated heterocycles. The van der Waals surface area contributed by atoms with Gasteiger partial charge in [0.1, 0.15) is 6.61 Å². The molecule has 51 heavy (non-hydrogen) atoms. The molecule has 4 aromatic rings. The van der Waals surface area contributed by atoms with Crippen LogP contribution in [0.15, 0.2) is 97.1 Å². The van der Waals surface area contributed by atoms with Gasteiger partial charge in [0.2, 0.25) is 12.3 Å². The molecule has 7 nitrogen and oxygen atoms in total. The fourth-order valence-electron chi connectivity index (χ4n) is 7.69. The Morgan fingerprint density at radius 3 is 2.12 bits per heavy atom. The average Bonchev–Trinajstić information content (AvgIpc) is 3.70. The standard InChI is InChI=1S/C41H41ClF2N2O5/c1-45(41(50)51-25-37-33-12-6-4-10-31(33)32-11-5-7-13-34(32)37)29(22-26-14-17-28(42)18-15-26)24-46(21-20-38(43)44)40(49)36(23-39(47)48)35-19-16-27-8-2-3-9-30(27)35/h2-15,17-18,29,35-38H,16,19-25H2,1H3,(H,47,48)/t29?,35-,36?/m0/s1. The van der Waals surface area contributed by atoms with E-state index in [0.717, 1.165) is 38.9 Å². The predicted molar refractivity (Wildman–Crippen MR) is 192 cm³/mol. The van der Waals surface area contributed by atoms with Crippen LogP contribution in [0.4, 0.5) is 13.6 Å². The van der Waals surface area contributed by atoms with Crippen LogP contribution in [-0.4, -0.2) is 72.1 Å². The molecule has 266 valence electrons. The molecular weight excluding hydrogens is 674 g/mol. The molecule has 0 spiro atoms. The molecule has 6 rings (SSSR count). The van der Waals surface area contributed by atoms with Crippen molar-refractivity contribution in [1.82, 2.24) is 9.80 Å². The Labute approximate surface area is 301 Å². The van der Waals surface area contributed by atoms with Crippen molar-refractivity contribution >= 4 is 29.6 Å². The minimum atomic E-state index is -2.68. The van der Waals surface area contributed by atoms with Crippen LogP contribution in [0.2, 0.25) is 5.02 Å². The van der Waals surface area contributed by atoms with Gasteiger partial charge in [0.15, 0.2) is 0 Å². The molecule has 3 atom stereocenters. The van der Waals surface area contributed by atoms with E-state index < -0.39 is 49.2 Å². The smallest absolute Gasteiger partial charge is 0.409 e. The number of fused-ring (bicyclic) bond motifs is 4. The van der Waals surface area contributed by atoms with Gasteiger partial charge in [-0.1, -0.05) is 96.5 Å². The van der Waals surface area contributed by atoms with Gasteiger partial charge in [-0.3, -0.25) is 9.59 Å². The highest BCUT2D eigenvalue weighted by atomic mass is 35.5. The van der Waals surface area contributed by atoms with Crippen LogP contribution in [0.5, 0.6) is 0 Å². The summed E-state index contributed by atoms with van der Waals surface area (Å²) in [6.45, 7) is -0.309. The largest absolute Gasteiger partial charge is 0.481 e. The number of aryl methyl sites for hydroxylation is 1. The summed E-state index contributed by atoms with van der Waals surface area (Å²) in [4.78, 5) is 43.1. The summed E-state index contributed by atoms with van der Waals surface area (Å²) in [6.07, 6.45) is -2.78. The molecule has 0 radical (unpaired) electrons. The van der Waals surface area contributed by atoms with Gasteiger partial charge in [0, 0.05) is 37.5 Å². The number of benzene rings is 4. The lowest BCUT2D eigenvalue weighted by Gasteiger charge is -2.36. The number of alkyl halides is 2. The molecule has 0 fully saturated rings. The van der Waals surface area contributed by atoms with E-state index >= 15 is 0 Å².